The molecule has 0 aliphatic heterocycles. The molecule has 10 heteroatoms. The third-order valence-electron chi connectivity index (χ3n) is 3.91. The number of halogens is 2. The van der Waals surface area contributed by atoms with Gasteiger partial charge < -0.3 is 15.4 Å². The van der Waals surface area contributed by atoms with Gasteiger partial charge in [0.1, 0.15) is 12.1 Å². The zero-order valence-corrected chi connectivity index (χ0v) is 15.3. The highest BCUT2D eigenvalue weighted by atomic mass is 19.2. The predicted molar refractivity (Wildman–Crippen MR) is 105 cm³/mol. The van der Waals surface area contributed by atoms with Crippen molar-refractivity contribution in [2.75, 3.05) is 10.6 Å². The maximum Gasteiger partial charge on any atom is 0.323 e. The van der Waals surface area contributed by atoms with Crippen LogP contribution in [0.25, 0.3) is 5.82 Å². The number of carbonyl (C=O) groups is 1. The van der Waals surface area contributed by atoms with Crippen LogP contribution in [0.15, 0.2) is 73.3 Å². The molecule has 0 saturated heterocycles. The third-order valence-corrected chi connectivity index (χ3v) is 3.91. The topological polar surface area (TPSA) is 94.0 Å². The number of urea groups is 1. The van der Waals surface area contributed by atoms with Crippen LogP contribution < -0.4 is 15.4 Å². The number of hydrogen-bond acceptors (Lipinski definition) is 5. The standard InChI is InChI=1S/C20H14F2N6O2/c21-16-6-3-14(11-17(16)22)25-20(29)24-13-1-4-15(5-2-13)30-19-8-7-18(26-27-19)28-10-9-23-12-28/h1-12H,(H2,24,25,29). The van der Waals surface area contributed by atoms with Crippen molar-refractivity contribution in [2.45, 2.75) is 0 Å². The summed E-state index contributed by atoms with van der Waals surface area (Å²) in [6, 6.07) is 12.4. The molecule has 150 valence electrons. The van der Waals surface area contributed by atoms with E-state index in [0.717, 1.165) is 12.1 Å². The molecule has 0 bridgehead atoms. The molecule has 0 unspecified atom stereocenters. The van der Waals surface area contributed by atoms with Crippen molar-refractivity contribution in [1.29, 1.82) is 0 Å². The number of nitrogens with zero attached hydrogens (tertiary/aromatic N) is 4. The normalized spacial score (nSPS) is 10.5. The van der Waals surface area contributed by atoms with E-state index in [2.05, 4.69) is 25.8 Å². The minimum Gasteiger partial charge on any atom is -0.438 e. The van der Waals surface area contributed by atoms with Crippen LogP contribution in [-0.2, 0) is 0 Å². The first-order valence-electron chi connectivity index (χ1n) is 8.70. The Labute approximate surface area is 169 Å². The van der Waals surface area contributed by atoms with Crippen LogP contribution in [0.1, 0.15) is 0 Å². The quantitative estimate of drug-likeness (QED) is 0.511. The monoisotopic (exact) mass is 408 g/mol. The van der Waals surface area contributed by atoms with Crippen LogP contribution in [-0.4, -0.2) is 25.8 Å². The van der Waals surface area contributed by atoms with Crippen molar-refractivity contribution >= 4 is 17.4 Å². The number of aromatic nitrogens is 4. The minimum atomic E-state index is -1.05. The predicted octanol–water partition coefficient (Wildman–Crippen LogP) is 4.38. The number of nitrogens with one attached hydrogen (secondary N) is 2. The van der Waals surface area contributed by atoms with E-state index in [1.807, 2.05) is 0 Å². The summed E-state index contributed by atoms with van der Waals surface area (Å²) in [7, 11) is 0. The Morgan fingerprint density at radius 3 is 2.33 bits per heavy atom. The van der Waals surface area contributed by atoms with Gasteiger partial charge in [-0.2, -0.15) is 0 Å². The lowest BCUT2D eigenvalue weighted by Crippen LogP contribution is -2.19. The van der Waals surface area contributed by atoms with E-state index in [1.54, 1.807) is 59.7 Å². The fourth-order valence-electron chi connectivity index (χ4n) is 2.49. The average molecular weight is 408 g/mol. The van der Waals surface area contributed by atoms with Gasteiger partial charge in [-0.05, 0) is 42.5 Å². The molecular weight excluding hydrogens is 394 g/mol. The van der Waals surface area contributed by atoms with E-state index < -0.39 is 17.7 Å². The molecule has 0 saturated carbocycles. The molecule has 0 fully saturated rings. The van der Waals surface area contributed by atoms with Gasteiger partial charge in [0.25, 0.3) is 0 Å². The van der Waals surface area contributed by atoms with Crippen molar-refractivity contribution < 1.29 is 18.3 Å². The number of rotatable bonds is 5. The molecule has 0 aliphatic rings. The van der Waals surface area contributed by atoms with E-state index in [0.29, 0.717) is 23.1 Å². The Bertz CT molecular complexity index is 1150. The molecule has 4 aromatic rings. The van der Waals surface area contributed by atoms with E-state index in [-0.39, 0.29) is 5.69 Å². The second-order valence-corrected chi connectivity index (χ2v) is 6.03. The average Bonchev–Trinajstić information content (AvgIpc) is 3.28. The number of imidazole rings is 1. The number of anilines is 2. The Morgan fingerprint density at radius 2 is 1.67 bits per heavy atom. The second kappa shape index (κ2) is 8.35. The summed E-state index contributed by atoms with van der Waals surface area (Å²) in [4.78, 5) is 15.9. The SMILES string of the molecule is O=C(Nc1ccc(Oc2ccc(-n3ccnc3)nn2)cc1)Nc1ccc(F)c(F)c1. The molecule has 30 heavy (non-hydrogen) atoms. The van der Waals surface area contributed by atoms with Crippen molar-refractivity contribution in [2.24, 2.45) is 0 Å². The van der Waals surface area contributed by atoms with E-state index in [9.17, 15) is 13.6 Å². The highest BCUT2D eigenvalue weighted by Gasteiger charge is 2.07. The van der Waals surface area contributed by atoms with Crippen LogP contribution in [0.4, 0.5) is 25.0 Å². The molecular formula is C20H14F2N6O2. The van der Waals surface area contributed by atoms with E-state index in [4.69, 9.17) is 4.74 Å². The van der Waals surface area contributed by atoms with Crippen LogP contribution in [0.2, 0.25) is 0 Å². The maximum absolute atomic E-state index is 13.2. The van der Waals surface area contributed by atoms with Gasteiger partial charge in [-0.15, -0.1) is 10.2 Å². The van der Waals surface area contributed by atoms with E-state index >= 15 is 0 Å². The summed E-state index contributed by atoms with van der Waals surface area (Å²) in [6.07, 6.45) is 5.00. The van der Waals surface area contributed by atoms with Gasteiger partial charge in [0.15, 0.2) is 17.5 Å². The van der Waals surface area contributed by atoms with Crippen molar-refractivity contribution in [1.82, 2.24) is 19.7 Å². The lowest BCUT2D eigenvalue weighted by molar-refractivity contribution is 0.262. The van der Waals surface area contributed by atoms with Crippen LogP contribution in [0.5, 0.6) is 11.6 Å². The molecule has 4 rings (SSSR count). The smallest absolute Gasteiger partial charge is 0.323 e. The lowest BCUT2D eigenvalue weighted by Gasteiger charge is -2.09. The Balaban J connectivity index is 1.34. The first-order valence-corrected chi connectivity index (χ1v) is 8.70. The van der Waals surface area contributed by atoms with Gasteiger partial charge in [-0.1, -0.05) is 0 Å². The fourth-order valence-corrected chi connectivity index (χ4v) is 2.49. The Hall–Kier alpha value is -4.34. The van der Waals surface area contributed by atoms with E-state index in [1.165, 1.54) is 6.07 Å². The maximum atomic E-state index is 13.2. The van der Waals surface area contributed by atoms with Crippen molar-refractivity contribution in [3.8, 4) is 17.4 Å². The Kier molecular flexibility index (Phi) is 5.29. The zero-order valence-electron chi connectivity index (χ0n) is 15.3. The van der Waals surface area contributed by atoms with Crippen molar-refractivity contribution in [3.63, 3.8) is 0 Å². The highest BCUT2D eigenvalue weighted by molar-refractivity contribution is 5.99. The van der Waals surface area contributed by atoms with Crippen LogP contribution in [0, 0.1) is 11.6 Å². The molecule has 0 radical (unpaired) electrons. The van der Waals surface area contributed by atoms with Crippen LogP contribution in [0.3, 0.4) is 0 Å². The lowest BCUT2D eigenvalue weighted by atomic mass is 10.3. The number of ether oxygens (including phenoxy) is 1. The second-order valence-electron chi connectivity index (χ2n) is 6.03. The van der Waals surface area contributed by atoms with Gasteiger partial charge in [0, 0.05) is 35.9 Å². The van der Waals surface area contributed by atoms with Gasteiger partial charge in [-0.25, -0.2) is 18.6 Å². The minimum absolute atomic E-state index is 0.129. The first kappa shape index (κ1) is 19.0. The third kappa shape index (κ3) is 4.55. The zero-order chi connectivity index (χ0) is 20.9. The highest BCUT2D eigenvalue weighted by Crippen LogP contribution is 2.22. The first-order chi connectivity index (χ1) is 14.6. The molecule has 2 amide bonds. The van der Waals surface area contributed by atoms with Gasteiger partial charge in [0.05, 0.1) is 0 Å². The summed E-state index contributed by atoms with van der Waals surface area (Å²) in [5.41, 5.74) is 0.605. The molecule has 8 nitrogen and oxygen atoms in total. The molecule has 2 aromatic heterocycles. The number of benzene rings is 2. The van der Waals surface area contributed by atoms with Gasteiger partial charge >= 0.3 is 6.03 Å². The molecule has 0 atom stereocenters. The number of carbonyl (C=O) groups excluding carboxylic acids is 1. The largest absolute Gasteiger partial charge is 0.438 e. The summed E-state index contributed by atoms with van der Waals surface area (Å²) >= 11 is 0. The molecule has 0 spiro atoms. The summed E-state index contributed by atoms with van der Waals surface area (Å²) in [5, 5.41) is 13.1. The molecule has 2 heterocycles. The number of hydrogen-bond donors (Lipinski definition) is 2. The van der Waals surface area contributed by atoms with Gasteiger partial charge in [0.2, 0.25) is 5.88 Å². The Morgan fingerprint density at radius 1 is 0.900 bits per heavy atom. The van der Waals surface area contributed by atoms with Crippen LogP contribution >= 0.6 is 0 Å². The summed E-state index contributed by atoms with van der Waals surface area (Å²) < 4.78 is 33.5. The molecule has 2 N–H and O–H groups in total. The summed E-state index contributed by atoms with van der Waals surface area (Å²) in [6.45, 7) is 0. The number of amides is 2. The van der Waals surface area contributed by atoms with Gasteiger partial charge in [-0.3, -0.25) is 4.57 Å². The summed E-state index contributed by atoms with van der Waals surface area (Å²) in [5.74, 6) is -0.638. The fraction of sp³-hybridized carbons (Fsp3) is 0. The van der Waals surface area contributed by atoms with Crippen molar-refractivity contribution in [3.05, 3.63) is 85.0 Å². The molecule has 0 aliphatic carbocycles. The molecule has 2 aromatic carbocycles.